The average Bonchev–Trinajstić information content (AvgIpc) is 1.74. The maximum Gasteiger partial charge on any atom is 0.0160 e. The summed E-state index contributed by atoms with van der Waals surface area (Å²) in [6.07, 6.45) is 27.8. The third kappa shape index (κ3) is 31.6. The van der Waals surface area contributed by atoms with E-state index in [1.54, 1.807) is 26.2 Å². The smallest absolute Gasteiger partial charge is 0.0160 e. The van der Waals surface area contributed by atoms with Gasteiger partial charge < -0.3 is 43.7 Å². The Bertz CT molecular complexity index is 3030. The number of halogens is 3. The van der Waals surface area contributed by atoms with Crippen molar-refractivity contribution in [3.63, 3.8) is 0 Å². The number of benzene rings is 4. The molecule has 512 valence electrons. The number of aromatic nitrogens is 2. The van der Waals surface area contributed by atoms with Gasteiger partial charge in [0.2, 0.25) is 0 Å². The normalized spacial score (nSPS) is 17.4. The predicted molar refractivity (Wildman–Crippen MR) is 362 cm³/mol. The van der Waals surface area contributed by atoms with Crippen LogP contribution < -0.4 is 77.6 Å². The topological polar surface area (TPSA) is 225 Å². The summed E-state index contributed by atoms with van der Waals surface area (Å²) in [6, 6.07) is 53.4. The molecule has 0 bridgehead atoms. The fourth-order valence-electron chi connectivity index (χ4n) is 12.0. The molecular weight excluding hydrogens is 1730 g/mol. The van der Waals surface area contributed by atoms with E-state index >= 15 is 4.57 Å². The molecule has 0 amide bonds. The Hall–Kier alpha value is 1.47. The molecule has 95 heavy (non-hydrogen) atoms. The fraction of sp³-hybridized carbons (Fsp3) is 0.500. The Morgan fingerprint density at radius 3 is 1.19 bits per heavy atom. The summed E-state index contributed by atoms with van der Waals surface area (Å²) in [5.41, 5.74) is 0.293. The minimum absolute atomic E-state index is 0. The molecule has 14 nitrogen and oxygen atoms in total. The van der Waals surface area contributed by atoms with Crippen molar-refractivity contribution < 1.29 is 161 Å². The average molecular weight is 1820 g/mol. The van der Waals surface area contributed by atoms with Gasteiger partial charge in [-0.05, 0) is 126 Å². The van der Waals surface area contributed by atoms with Crippen LogP contribution in [-0.4, -0.2) is 144 Å². The van der Waals surface area contributed by atoms with Gasteiger partial charge in [-0.25, -0.2) is 4.67 Å². The van der Waals surface area contributed by atoms with Crippen molar-refractivity contribution in [2.45, 2.75) is 215 Å². The van der Waals surface area contributed by atoms with Crippen LogP contribution >= 0.6 is 22.5 Å². The van der Waals surface area contributed by atoms with E-state index in [-0.39, 0.29) is 109 Å². The molecule has 4 aliphatic carbocycles. The molecule has 1 aliphatic heterocycles. The van der Waals surface area contributed by atoms with Gasteiger partial charge in [0, 0.05) is 86.6 Å². The number of aliphatic hydroxyl groups is 1. The third-order valence-corrected chi connectivity index (χ3v) is 26.3. The number of aliphatic hydroxyl groups excluding tert-OH is 1. The van der Waals surface area contributed by atoms with Crippen LogP contribution in [0.2, 0.25) is 0 Å². The van der Waals surface area contributed by atoms with Crippen LogP contribution in [0.4, 0.5) is 13.2 Å². The van der Waals surface area contributed by atoms with Crippen molar-refractivity contribution in [1.82, 2.24) is 9.97 Å². The van der Waals surface area contributed by atoms with Crippen LogP contribution in [-0.2, 0) is 78.0 Å². The Morgan fingerprint density at radius 2 is 0.905 bits per heavy atom. The second-order valence-corrected chi connectivity index (χ2v) is 33.0. The summed E-state index contributed by atoms with van der Waals surface area (Å²) in [5.74, 6) is 0. The van der Waals surface area contributed by atoms with Crippen molar-refractivity contribution in [3.05, 3.63) is 164 Å². The summed E-state index contributed by atoms with van der Waals surface area (Å²) < 4.78 is 111. The molecule has 0 spiro atoms. The van der Waals surface area contributed by atoms with Gasteiger partial charge >= 0.3 is 146 Å². The van der Waals surface area contributed by atoms with Gasteiger partial charge in [0.05, 0.1) is 18.3 Å². The SMILES string of the molecule is CC(C)O.CC1(C)OB(c2ccccc2P(=O)(C2CCCCC2)C2CCCCC2)OC1(C)C.O=P(c1[c-]cccc1)(C1CCCCC1)C1CCCCC1.O=S(=O)(O)C(F)(F)F.O=[P+]([O-])O[O-].[Ir].[Ir].[K+].[K][K].[c-]1ccccc1-c1ccccn1.[c-]1ccccc1-c1ccccn1. The van der Waals surface area contributed by atoms with Crippen molar-refractivity contribution in [1.29, 1.82) is 0 Å². The van der Waals surface area contributed by atoms with Gasteiger partial charge in [-0.2, -0.15) is 51.9 Å². The Labute approximate surface area is 680 Å². The number of hydrogen-bond acceptors (Lipinski definition) is 13. The van der Waals surface area contributed by atoms with Crippen LogP contribution in [0.5, 0.6) is 0 Å². The third-order valence-electron chi connectivity index (χ3n) is 17.0. The molecule has 3 heterocycles. The van der Waals surface area contributed by atoms with Gasteiger partial charge in [-0.15, -0.1) is 77.1 Å². The molecule has 4 saturated carbocycles. The molecule has 1 unspecified atom stereocenters. The standard InChI is InChI=1S/C24H38BO3P.C18H26OP.2C11H8N.C3H8O.CHF3O3S.2Ir.3K.HO4P/c1-23(2)24(3,4)28-25(27-23)21-17-11-12-18-22(21)29(26,19-13-7-5-8-14-19)20-15-9-6-10-16-20;19-20(16-10-4-1-5-11-16,17-12-6-2-7-13-17)18-14-8-3-9-15-18;2*1-2-6-10(7-3-1)11-8-4-5-9-12-11;1-3(2)4;2-1(3,4)8(5,6)7;;;;;;1-4-5(2)3/h11-12,17-20H,5-10,13-16H2,1-4H3;1,4-5,10,17-18H,2-3,6-9,12-15H2;2*1-6,8-9H;3-4H,1-2H3;(H,5,6,7);;;;;;1H/q;3*-1;;;;;;;+1;/p-1. The quantitative estimate of drug-likeness (QED) is 0.0248. The molecule has 5 aliphatic rings. The van der Waals surface area contributed by atoms with Crippen LogP contribution in [0.25, 0.3) is 22.5 Å². The first-order valence-corrected chi connectivity index (χ1v) is 54.5. The van der Waals surface area contributed by atoms with Crippen molar-refractivity contribution in [2.24, 2.45) is 0 Å². The van der Waals surface area contributed by atoms with Crippen molar-refractivity contribution in [3.8, 4) is 22.5 Å². The molecule has 6 aromatic rings. The monoisotopic (exact) mass is 1820 g/mol. The van der Waals surface area contributed by atoms with E-state index in [1.165, 1.54) is 166 Å². The number of nitrogens with zero attached hydrogens (tertiary/aromatic N) is 2. The second-order valence-electron chi connectivity index (χ2n) is 24.3. The molecule has 1 saturated heterocycles. The Kier molecular flexibility index (Phi) is 49.0. The zero-order valence-electron chi connectivity index (χ0n) is 56.4. The maximum absolute atomic E-state index is 15.1. The van der Waals surface area contributed by atoms with Gasteiger partial charge in [0.15, 0.2) is 0 Å². The van der Waals surface area contributed by atoms with E-state index in [9.17, 15) is 17.7 Å². The first kappa shape index (κ1) is 94.5. The second kappa shape index (κ2) is 49.3. The Morgan fingerprint density at radius 1 is 0.600 bits per heavy atom. The minimum Gasteiger partial charge on any atom is -0.305 e. The van der Waals surface area contributed by atoms with E-state index in [0.717, 1.165) is 64.3 Å². The van der Waals surface area contributed by atoms with E-state index in [2.05, 4.69) is 90.9 Å². The maximum atomic E-state index is 15.1. The summed E-state index contributed by atoms with van der Waals surface area (Å²) in [4.78, 5) is 17.3. The van der Waals surface area contributed by atoms with E-state index in [0.29, 0.717) is 22.6 Å². The van der Waals surface area contributed by atoms with Crippen molar-refractivity contribution in [2.75, 3.05) is 0 Å². The van der Waals surface area contributed by atoms with Gasteiger partial charge in [-0.3, -0.25) is 4.55 Å². The molecule has 2 radical (unpaired) electrons. The minimum atomic E-state index is -5.84. The zero-order valence-corrected chi connectivity index (χ0v) is 74.0. The van der Waals surface area contributed by atoms with Crippen LogP contribution in [0.15, 0.2) is 146 Å². The van der Waals surface area contributed by atoms with Crippen LogP contribution in [0.3, 0.4) is 0 Å². The summed E-state index contributed by atoms with van der Waals surface area (Å²) >= 11 is 2.50. The van der Waals surface area contributed by atoms with Crippen LogP contribution in [0, 0.1) is 18.2 Å². The predicted octanol–water partition coefficient (Wildman–Crippen LogP) is 11.2. The van der Waals surface area contributed by atoms with E-state index < -0.39 is 45.3 Å². The number of rotatable bonds is 10. The largest absolute Gasteiger partial charge is 0.305 e. The van der Waals surface area contributed by atoms with Gasteiger partial charge in [0.25, 0.3) is 0 Å². The number of pyridine rings is 2. The first-order valence-electron chi connectivity index (χ1n) is 32.3. The molecule has 1 atom stereocenters. The zero-order chi connectivity index (χ0) is 67.9. The van der Waals surface area contributed by atoms with Gasteiger partial charge in [0.1, 0.15) is 7.14 Å². The van der Waals surface area contributed by atoms with E-state index in [4.69, 9.17) is 42.1 Å². The summed E-state index contributed by atoms with van der Waals surface area (Å²) in [5, 5.41) is 18.7. The van der Waals surface area contributed by atoms with Crippen LogP contribution in [0.1, 0.15) is 170 Å². The molecule has 4 aromatic carbocycles. The molecular formula is C68H89BF3Ir2K3N2O12P3S-3. The number of hydrogen-bond donors (Lipinski definition) is 2. The van der Waals surface area contributed by atoms with Crippen molar-refractivity contribution >= 4 is 119 Å². The summed E-state index contributed by atoms with van der Waals surface area (Å²) in [6.45, 7) is 11.8. The molecule has 5 fully saturated rings. The van der Waals surface area contributed by atoms with E-state index in [1.807, 2.05) is 103 Å². The molecule has 2 aromatic heterocycles. The molecule has 2 N–H and O–H groups in total. The molecule has 11 rings (SSSR count). The summed E-state index contributed by atoms with van der Waals surface area (Å²) in [7, 11) is -14.3. The molecule has 27 heteroatoms. The fourth-order valence-corrected chi connectivity index (χ4v) is 20.8. The Balaban J connectivity index is 0.000000599. The first-order chi connectivity index (χ1) is 43.8. The number of alkyl halides is 3. The van der Waals surface area contributed by atoms with Gasteiger partial charge in [-0.1, -0.05) is 126 Å².